The molecule has 11 heteroatoms. The zero-order valence-electron chi connectivity index (χ0n) is 8.37. The van der Waals surface area contributed by atoms with Crippen molar-refractivity contribution < 1.29 is 49.2 Å². The first-order valence-electron chi connectivity index (χ1n) is 4.21. The van der Waals surface area contributed by atoms with Gasteiger partial charge in [0, 0.05) is 6.42 Å². The van der Waals surface area contributed by atoms with Crippen LogP contribution in [-0.2, 0) is 13.9 Å². The standard InChI is InChI=1S/C6H13O10P/c7-2-4(9)3(8)1-6(12,5(10)11)16-17(13,14)15/h3-4,7-9,12H,1-2H2,(H,10,11)(H2,13,14,15)/t3-,4+,6+/m0/s1. The fourth-order valence-corrected chi connectivity index (χ4v) is 1.45. The summed E-state index contributed by atoms with van der Waals surface area (Å²) in [4.78, 5) is 27.3. The molecule has 17 heavy (non-hydrogen) atoms. The van der Waals surface area contributed by atoms with Gasteiger partial charge in [-0.25, -0.2) is 13.9 Å². The van der Waals surface area contributed by atoms with Gasteiger partial charge in [-0.2, -0.15) is 0 Å². The lowest BCUT2D eigenvalue weighted by atomic mass is 10.0. The minimum atomic E-state index is -5.32. The third-order valence-corrected chi connectivity index (χ3v) is 2.26. The van der Waals surface area contributed by atoms with Crippen LogP contribution >= 0.6 is 7.82 Å². The maximum absolute atomic E-state index is 10.6. The van der Waals surface area contributed by atoms with Crippen LogP contribution in [0.3, 0.4) is 0 Å². The Labute approximate surface area is 94.9 Å². The SMILES string of the molecule is O=C(O)[C@@](O)(C[C@H](O)[C@H](O)CO)OP(=O)(O)O. The summed E-state index contributed by atoms with van der Waals surface area (Å²) < 4.78 is 14.0. The van der Waals surface area contributed by atoms with Gasteiger partial charge in [0.1, 0.15) is 6.10 Å². The average Bonchev–Trinajstić information content (AvgIpc) is 2.13. The number of aliphatic hydroxyl groups excluding tert-OH is 3. The van der Waals surface area contributed by atoms with Gasteiger partial charge in [-0.15, -0.1) is 0 Å². The monoisotopic (exact) mass is 276 g/mol. The lowest BCUT2D eigenvalue weighted by Gasteiger charge is -2.27. The molecule has 0 aromatic rings. The van der Waals surface area contributed by atoms with Crippen molar-refractivity contribution in [1.29, 1.82) is 0 Å². The van der Waals surface area contributed by atoms with E-state index in [0.29, 0.717) is 0 Å². The fraction of sp³-hybridized carbons (Fsp3) is 0.833. The molecule has 0 fully saturated rings. The summed E-state index contributed by atoms with van der Waals surface area (Å²) >= 11 is 0. The predicted molar refractivity (Wildman–Crippen MR) is 49.4 cm³/mol. The van der Waals surface area contributed by atoms with E-state index in [1.807, 2.05) is 0 Å². The van der Waals surface area contributed by atoms with Crippen LogP contribution in [0.2, 0.25) is 0 Å². The first-order chi connectivity index (χ1) is 7.52. The third-order valence-electron chi connectivity index (χ3n) is 1.72. The lowest BCUT2D eigenvalue weighted by Crippen LogP contribution is -2.46. The summed E-state index contributed by atoms with van der Waals surface area (Å²) in [6, 6.07) is 0. The van der Waals surface area contributed by atoms with Crippen LogP contribution in [0.15, 0.2) is 0 Å². The predicted octanol–water partition coefficient (Wildman–Crippen LogP) is -3.03. The Morgan fingerprint density at radius 3 is 2.06 bits per heavy atom. The number of aliphatic carboxylic acids is 1. The van der Waals surface area contributed by atoms with Crippen molar-refractivity contribution in [3.8, 4) is 0 Å². The summed E-state index contributed by atoms with van der Waals surface area (Å²) in [6.07, 6.45) is -4.98. The Balaban J connectivity index is 4.86. The van der Waals surface area contributed by atoms with E-state index in [4.69, 9.17) is 30.2 Å². The molecule has 0 spiro atoms. The van der Waals surface area contributed by atoms with E-state index in [1.165, 1.54) is 0 Å². The molecule has 0 rings (SSSR count). The second kappa shape index (κ2) is 5.85. The zero-order chi connectivity index (χ0) is 13.9. The summed E-state index contributed by atoms with van der Waals surface area (Å²) in [5.41, 5.74) is 0. The van der Waals surface area contributed by atoms with Crippen LogP contribution in [0, 0.1) is 0 Å². The Morgan fingerprint density at radius 1 is 1.29 bits per heavy atom. The van der Waals surface area contributed by atoms with Crippen LogP contribution in [0.1, 0.15) is 6.42 Å². The van der Waals surface area contributed by atoms with Gasteiger partial charge >= 0.3 is 13.8 Å². The van der Waals surface area contributed by atoms with Crippen LogP contribution in [0.4, 0.5) is 0 Å². The average molecular weight is 276 g/mol. The summed E-state index contributed by atoms with van der Waals surface area (Å²) in [6.45, 7) is -0.938. The lowest BCUT2D eigenvalue weighted by molar-refractivity contribution is -0.210. The number of hydrogen-bond donors (Lipinski definition) is 7. The van der Waals surface area contributed by atoms with Crippen molar-refractivity contribution in [2.75, 3.05) is 6.61 Å². The van der Waals surface area contributed by atoms with Crippen LogP contribution in [-0.4, -0.2) is 65.9 Å². The summed E-state index contributed by atoms with van der Waals surface area (Å²) in [7, 11) is -5.32. The molecule has 0 aromatic heterocycles. The van der Waals surface area contributed by atoms with E-state index in [9.17, 15) is 14.5 Å². The Morgan fingerprint density at radius 2 is 1.76 bits per heavy atom. The zero-order valence-corrected chi connectivity index (χ0v) is 9.27. The van der Waals surface area contributed by atoms with Crippen molar-refractivity contribution in [1.82, 2.24) is 0 Å². The number of phosphoric ester groups is 1. The molecule has 0 aliphatic carbocycles. The molecule has 0 saturated heterocycles. The van der Waals surface area contributed by atoms with E-state index in [1.54, 1.807) is 0 Å². The molecule has 3 atom stereocenters. The molecule has 0 heterocycles. The highest BCUT2D eigenvalue weighted by Crippen LogP contribution is 2.42. The van der Waals surface area contributed by atoms with Crippen molar-refractivity contribution in [2.45, 2.75) is 24.4 Å². The van der Waals surface area contributed by atoms with Crippen molar-refractivity contribution in [3.05, 3.63) is 0 Å². The normalized spacial score (nSPS) is 19.4. The molecule has 0 bridgehead atoms. The van der Waals surface area contributed by atoms with Gasteiger partial charge in [-0.1, -0.05) is 0 Å². The molecular weight excluding hydrogens is 263 g/mol. The number of carbonyl (C=O) groups is 1. The Hall–Kier alpha value is -0.580. The molecule has 0 unspecified atom stereocenters. The smallest absolute Gasteiger partial charge is 0.472 e. The Kier molecular flexibility index (Phi) is 5.65. The van der Waals surface area contributed by atoms with Crippen LogP contribution in [0.25, 0.3) is 0 Å². The molecule has 0 saturated carbocycles. The van der Waals surface area contributed by atoms with E-state index in [-0.39, 0.29) is 0 Å². The topological polar surface area (TPSA) is 185 Å². The fourth-order valence-electron chi connectivity index (χ4n) is 0.902. The third kappa shape index (κ3) is 5.52. The second-order valence-electron chi connectivity index (χ2n) is 3.19. The van der Waals surface area contributed by atoms with Crippen LogP contribution in [0.5, 0.6) is 0 Å². The van der Waals surface area contributed by atoms with E-state index in [2.05, 4.69) is 4.52 Å². The number of carboxylic acid groups (broad SMARTS) is 1. The molecule has 102 valence electrons. The summed E-state index contributed by atoms with van der Waals surface area (Å²) in [5.74, 6) is -5.54. The first-order valence-corrected chi connectivity index (χ1v) is 5.74. The number of hydrogen-bond acceptors (Lipinski definition) is 7. The summed E-state index contributed by atoms with van der Waals surface area (Å²) in [5, 5.41) is 44.3. The van der Waals surface area contributed by atoms with Crippen molar-refractivity contribution in [3.63, 3.8) is 0 Å². The molecule has 0 radical (unpaired) electrons. The van der Waals surface area contributed by atoms with Gasteiger partial charge < -0.3 is 35.3 Å². The van der Waals surface area contributed by atoms with Gasteiger partial charge in [0.15, 0.2) is 0 Å². The van der Waals surface area contributed by atoms with Gasteiger partial charge in [0.25, 0.3) is 5.79 Å². The molecule has 0 amide bonds. The minimum absolute atomic E-state index is 0.938. The maximum Gasteiger partial charge on any atom is 0.472 e. The van der Waals surface area contributed by atoms with E-state index >= 15 is 0 Å². The van der Waals surface area contributed by atoms with Crippen LogP contribution < -0.4 is 0 Å². The largest absolute Gasteiger partial charge is 0.477 e. The van der Waals surface area contributed by atoms with Crippen molar-refractivity contribution >= 4 is 13.8 Å². The molecule has 0 aliphatic heterocycles. The van der Waals surface area contributed by atoms with Gasteiger partial charge in [-0.05, 0) is 0 Å². The van der Waals surface area contributed by atoms with Gasteiger partial charge in [-0.3, -0.25) is 0 Å². The van der Waals surface area contributed by atoms with Gasteiger partial charge in [0.05, 0.1) is 12.7 Å². The first kappa shape index (κ1) is 16.4. The maximum atomic E-state index is 10.6. The van der Waals surface area contributed by atoms with Gasteiger partial charge in [0.2, 0.25) is 0 Å². The van der Waals surface area contributed by atoms with E-state index < -0.39 is 44.8 Å². The number of carboxylic acids is 1. The Bertz CT molecular complexity index is 312. The molecule has 7 N–H and O–H groups in total. The quantitative estimate of drug-likeness (QED) is 0.186. The number of rotatable bonds is 7. The number of aliphatic hydroxyl groups is 4. The highest BCUT2D eigenvalue weighted by atomic mass is 31.2. The molecule has 0 aromatic carbocycles. The number of phosphoric acid groups is 1. The second-order valence-corrected chi connectivity index (χ2v) is 4.36. The van der Waals surface area contributed by atoms with E-state index in [0.717, 1.165) is 0 Å². The molecule has 10 nitrogen and oxygen atoms in total. The molecular formula is C6H13O10P. The molecule has 0 aliphatic rings. The highest BCUT2D eigenvalue weighted by molar-refractivity contribution is 7.46. The minimum Gasteiger partial charge on any atom is -0.477 e. The highest BCUT2D eigenvalue weighted by Gasteiger charge is 2.46. The van der Waals surface area contributed by atoms with Crippen molar-refractivity contribution in [2.24, 2.45) is 0 Å².